The van der Waals surface area contributed by atoms with Crippen LogP contribution in [0.5, 0.6) is 0 Å². The third kappa shape index (κ3) is 3.98. The van der Waals surface area contributed by atoms with Gasteiger partial charge in [-0.15, -0.1) is 0 Å². The Kier molecular flexibility index (Phi) is 4.87. The van der Waals surface area contributed by atoms with Gasteiger partial charge in [0.15, 0.2) is 0 Å². The molecule has 4 heteroatoms. The van der Waals surface area contributed by atoms with Gasteiger partial charge in [-0.25, -0.2) is 5.43 Å². The van der Waals surface area contributed by atoms with Crippen LogP contribution in [0.15, 0.2) is 71.8 Å². The number of benzene rings is 3. The van der Waals surface area contributed by atoms with Crippen molar-refractivity contribution in [2.45, 2.75) is 6.92 Å². The summed E-state index contributed by atoms with van der Waals surface area (Å²) in [5, 5.41) is 9.37. The topological polar surface area (TPSA) is 53.5 Å². The molecule has 0 fully saturated rings. The molecule has 0 aromatic heterocycles. The minimum absolute atomic E-state index is 0.166. The molecule has 0 radical (unpaired) electrons. The van der Waals surface area contributed by atoms with Gasteiger partial charge in [0.2, 0.25) is 0 Å². The summed E-state index contributed by atoms with van der Waals surface area (Å²) in [5.74, 6) is -0.189. The zero-order valence-electron chi connectivity index (χ0n) is 13.5. The van der Waals surface area contributed by atoms with E-state index in [0.29, 0.717) is 0 Å². The number of carbonyl (C=O) groups excluding carboxylic acids is 1. The van der Waals surface area contributed by atoms with Gasteiger partial charge in [0, 0.05) is 11.1 Å². The average molecular weight is 317 g/mol. The predicted octanol–water partition coefficient (Wildman–Crippen LogP) is 3.71. The lowest BCUT2D eigenvalue weighted by Crippen LogP contribution is -2.25. The molecule has 0 aliphatic carbocycles. The average Bonchev–Trinajstić information content (AvgIpc) is 2.61. The van der Waals surface area contributed by atoms with Crippen LogP contribution in [-0.4, -0.2) is 18.7 Å². The number of nitrogens with zero attached hydrogens (tertiary/aromatic N) is 1. The van der Waals surface area contributed by atoms with Crippen molar-refractivity contribution < 1.29 is 4.79 Å². The number of anilines is 1. The van der Waals surface area contributed by atoms with Crippen LogP contribution in [-0.2, 0) is 4.79 Å². The van der Waals surface area contributed by atoms with Crippen LogP contribution >= 0.6 is 0 Å². The molecule has 0 atom stereocenters. The maximum Gasteiger partial charge on any atom is 0.259 e. The monoisotopic (exact) mass is 317 g/mol. The number of nitrogens with one attached hydrogen (secondary N) is 2. The lowest BCUT2D eigenvalue weighted by Gasteiger charge is -2.08. The minimum Gasteiger partial charge on any atom is -0.376 e. The standard InChI is InChI=1S/C20H19N3O/c1-15-9-11-16(12-10-15)13-22-23-20(24)14-21-19-8-4-6-17-5-2-3-7-18(17)19/h2-13,21H,14H2,1H3,(H,23,24). The van der Waals surface area contributed by atoms with Gasteiger partial charge in [-0.2, -0.15) is 5.10 Å². The molecular formula is C20H19N3O. The first-order chi connectivity index (χ1) is 11.7. The molecule has 0 aliphatic heterocycles. The van der Waals surface area contributed by atoms with E-state index in [1.54, 1.807) is 6.21 Å². The Hall–Kier alpha value is -3.14. The van der Waals surface area contributed by atoms with E-state index in [2.05, 4.69) is 15.8 Å². The smallest absolute Gasteiger partial charge is 0.259 e. The van der Waals surface area contributed by atoms with E-state index >= 15 is 0 Å². The van der Waals surface area contributed by atoms with E-state index in [4.69, 9.17) is 0 Å². The molecule has 2 N–H and O–H groups in total. The molecule has 1 amide bonds. The molecule has 120 valence electrons. The van der Waals surface area contributed by atoms with Crippen molar-refractivity contribution in [3.63, 3.8) is 0 Å². The van der Waals surface area contributed by atoms with Crippen LogP contribution in [0.3, 0.4) is 0 Å². The number of rotatable bonds is 5. The maximum atomic E-state index is 11.9. The highest BCUT2D eigenvalue weighted by atomic mass is 16.2. The van der Waals surface area contributed by atoms with Crippen molar-refractivity contribution in [2.24, 2.45) is 5.10 Å². The highest BCUT2D eigenvalue weighted by molar-refractivity contribution is 5.95. The molecule has 0 unspecified atom stereocenters. The van der Waals surface area contributed by atoms with Gasteiger partial charge >= 0.3 is 0 Å². The molecule has 0 bridgehead atoms. The summed E-state index contributed by atoms with van der Waals surface area (Å²) in [4.78, 5) is 11.9. The molecule has 0 spiro atoms. The first-order valence-corrected chi connectivity index (χ1v) is 7.82. The van der Waals surface area contributed by atoms with E-state index in [1.807, 2.05) is 73.7 Å². The van der Waals surface area contributed by atoms with Crippen LogP contribution in [0, 0.1) is 6.92 Å². The molecule has 3 aromatic carbocycles. The number of fused-ring (bicyclic) bond motifs is 1. The van der Waals surface area contributed by atoms with Crippen LogP contribution in [0.4, 0.5) is 5.69 Å². The highest BCUT2D eigenvalue weighted by Crippen LogP contribution is 2.22. The number of amides is 1. The van der Waals surface area contributed by atoms with Crippen LogP contribution < -0.4 is 10.7 Å². The van der Waals surface area contributed by atoms with Gasteiger partial charge in [-0.3, -0.25) is 4.79 Å². The molecule has 4 nitrogen and oxygen atoms in total. The first kappa shape index (κ1) is 15.7. The van der Waals surface area contributed by atoms with Gasteiger partial charge in [0.1, 0.15) is 0 Å². The summed E-state index contributed by atoms with van der Waals surface area (Å²) in [6, 6.07) is 22.0. The fraction of sp³-hybridized carbons (Fsp3) is 0.100. The Bertz CT molecular complexity index is 864. The molecule has 24 heavy (non-hydrogen) atoms. The summed E-state index contributed by atoms with van der Waals surface area (Å²) in [6.07, 6.45) is 1.63. The number of hydrogen-bond acceptors (Lipinski definition) is 3. The van der Waals surface area contributed by atoms with Gasteiger partial charge in [0.05, 0.1) is 12.8 Å². The fourth-order valence-corrected chi connectivity index (χ4v) is 2.43. The maximum absolute atomic E-state index is 11.9. The van der Waals surface area contributed by atoms with E-state index in [9.17, 15) is 4.79 Å². The zero-order valence-corrected chi connectivity index (χ0v) is 13.5. The number of aryl methyl sites for hydroxylation is 1. The van der Waals surface area contributed by atoms with E-state index in [0.717, 1.165) is 22.0 Å². The molecule has 0 saturated carbocycles. The van der Waals surface area contributed by atoms with E-state index in [1.165, 1.54) is 5.56 Å². The summed E-state index contributed by atoms with van der Waals surface area (Å²) in [7, 11) is 0. The Labute approximate surface area is 141 Å². The quantitative estimate of drug-likeness (QED) is 0.557. The lowest BCUT2D eigenvalue weighted by molar-refractivity contribution is -0.119. The van der Waals surface area contributed by atoms with Crippen molar-refractivity contribution in [3.05, 3.63) is 77.9 Å². The van der Waals surface area contributed by atoms with Crippen LogP contribution in [0.1, 0.15) is 11.1 Å². The van der Waals surface area contributed by atoms with Crippen molar-refractivity contribution in [1.29, 1.82) is 0 Å². The molecule has 0 saturated heterocycles. The minimum atomic E-state index is -0.189. The molecular weight excluding hydrogens is 298 g/mol. The van der Waals surface area contributed by atoms with Crippen LogP contribution in [0.25, 0.3) is 10.8 Å². The van der Waals surface area contributed by atoms with E-state index < -0.39 is 0 Å². The molecule has 3 rings (SSSR count). The largest absolute Gasteiger partial charge is 0.376 e. The Morgan fingerprint density at radius 1 is 1.00 bits per heavy atom. The van der Waals surface area contributed by atoms with Gasteiger partial charge in [0.25, 0.3) is 5.91 Å². The summed E-state index contributed by atoms with van der Waals surface area (Å²) in [6.45, 7) is 2.20. The van der Waals surface area contributed by atoms with Crippen molar-refractivity contribution >= 4 is 28.6 Å². The third-order valence-electron chi connectivity index (χ3n) is 3.71. The number of carbonyl (C=O) groups is 1. The number of hydrogen-bond donors (Lipinski definition) is 2. The van der Waals surface area contributed by atoms with Crippen LogP contribution in [0.2, 0.25) is 0 Å². The molecule has 0 heterocycles. The van der Waals surface area contributed by atoms with Crippen molar-refractivity contribution in [1.82, 2.24) is 5.43 Å². The SMILES string of the molecule is Cc1ccc(C=NNC(=O)CNc2cccc3ccccc23)cc1. The van der Waals surface area contributed by atoms with Crippen molar-refractivity contribution in [3.8, 4) is 0 Å². The fourth-order valence-electron chi connectivity index (χ4n) is 2.43. The summed E-state index contributed by atoms with van der Waals surface area (Å²) >= 11 is 0. The van der Waals surface area contributed by atoms with Gasteiger partial charge in [-0.05, 0) is 23.9 Å². The molecule has 0 aliphatic rings. The van der Waals surface area contributed by atoms with E-state index in [-0.39, 0.29) is 12.5 Å². The molecule has 3 aromatic rings. The Morgan fingerprint density at radius 3 is 2.58 bits per heavy atom. The Balaban J connectivity index is 1.56. The summed E-state index contributed by atoms with van der Waals surface area (Å²) < 4.78 is 0. The number of hydrazone groups is 1. The normalized spacial score (nSPS) is 10.9. The second-order valence-electron chi connectivity index (χ2n) is 5.58. The van der Waals surface area contributed by atoms with Crippen molar-refractivity contribution in [2.75, 3.05) is 11.9 Å². The predicted molar refractivity (Wildman–Crippen MR) is 99.4 cm³/mol. The second kappa shape index (κ2) is 7.42. The third-order valence-corrected chi connectivity index (χ3v) is 3.71. The van der Waals surface area contributed by atoms with Gasteiger partial charge < -0.3 is 5.32 Å². The highest BCUT2D eigenvalue weighted by Gasteiger charge is 2.02. The second-order valence-corrected chi connectivity index (χ2v) is 5.58. The zero-order chi connectivity index (χ0) is 16.8. The Morgan fingerprint density at radius 2 is 1.75 bits per heavy atom. The first-order valence-electron chi connectivity index (χ1n) is 7.82. The summed E-state index contributed by atoms with van der Waals surface area (Å²) in [5.41, 5.74) is 5.61. The lowest BCUT2D eigenvalue weighted by atomic mass is 10.1. The van der Waals surface area contributed by atoms with Gasteiger partial charge in [-0.1, -0.05) is 66.2 Å².